The third kappa shape index (κ3) is 7.36. The van der Waals surface area contributed by atoms with Crippen LogP contribution in [0.15, 0.2) is 83.8 Å². The van der Waals surface area contributed by atoms with E-state index in [0.29, 0.717) is 10.7 Å². The Balaban J connectivity index is 2.02. The van der Waals surface area contributed by atoms with Crippen LogP contribution in [0.4, 0.5) is 5.69 Å². The Morgan fingerprint density at radius 3 is 2.13 bits per heavy atom. The average Bonchev–Trinajstić information content (AvgIpc) is 2.90. The molecule has 0 aliphatic heterocycles. The highest BCUT2D eigenvalue weighted by atomic mass is 35.5. The zero-order valence-electron chi connectivity index (χ0n) is 22.1. The van der Waals surface area contributed by atoms with Crippen LogP contribution in [-0.2, 0) is 32.6 Å². The normalized spacial score (nSPS) is 12.2. The van der Waals surface area contributed by atoms with Crippen molar-refractivity contribution >= 4 is 39.1 Å². The van der Waals surface area contributed by atoms with Crippen LogP contribution >= 0.6 is 11.6 Å². The monoisotopic (exact) mass is 555 g/mol. The van der Waals surface area contributed by atoms with Gasteiger partial charge in [-0.3, -0.25) is 13.9 Å². The number of anilines is 1. The SMILES string of the molecule is CCc1ccc(N(CC(=O)N(Cc2cccc(Cl)c2)[C@@H](C)C(=O)NC(C)C)S(=O)(=O)c2ccccc2)cc1. The fourth-order valence-corrected chi connectivity index (χ4v) is 5.61. The molecule has 2 amide bonds. The molecule has 7 nitrogen and oxygen atoms in total. The Kier molecular flexibility index (Phi) is 9.94. The zero-order valence-corrected chi connectivity index (χ0v) is 23.7. The highest BCUT2D eigenvalue weighted by molar-refractivity contribution is 7.92. The van der Waals surface area contributed by atoms with Gasteiger partial charge in [-0.15, -0.1) is 0 Å². The van der Waals surface area contributed by atoms with Gasteiger partial charge in [-0.1, -0.05) is 61.0 Å². The first-order valence-electron chi connectivity index (χ1n) is 12.5. The average molecular weight is 556 g/mol. The van der Waals surface area contributed by atoms with E-state index in [4.69, 9.17) is 11.6 Å². The summed E-state index contributed by atoms with van der Waals surface area (Å²) in [5, 5.41) is 3.34. The molecule has 0 unspecified atom stereocenters. The number of hydrogen-bond donors (Lipinski definition) is 1. The quantitative estimate of drug-likeness (QED) is 0.359. The number of sulfonamides is 1. The molecular weight excluding hydrogens is 522 g/mol. The molecular formula is C29H34ClN3O4S. The molecule has 0 aliphatic rings. The van der Waals surface area contributed by atoms with Gasteiger partial charge in [0.25, 0.3) is 10.0 Å². The second-order valence-corrected chi connectivity index (χ2v) is 11.6. The lowest BCUT2D eigenvalue weighted by molar-refractivity contribution is -0.139. The molecule has 0 spiro atoms. The van der Waals surface area contributed by atoms with Crippen molar-refractivity contribution in [3.8, 4) is 0 Å². The topological polar surface area (TPSA) is 86.8 Å². The number of carbonyl (C=O) groups is 2. The molecule has 0 bridgehead atoms. The van der Waals surface area contributed by atoms with E-state index in [1.54, 1.807) is 61.5 Å². The summed E-state index contributed by atoms with van der Waals surface area (Å²) in [6.45, 7) is 6.91. The Labute approximate surface area is 230 Å². The maximum absolute atomic E-state index is 13.9. The summed E-state index contributed by atoms with van der Waals surface area (Å²) >= 11 is 6.17. The summed E-state index contributed by atoms with van der Waals surface area (Å²) in [6, 6.07) is 21.1. The van der Waals surface area contributed by atoms with Crippen molar-refractivity contribution in [3.05, 3.63) is 95.0 Å². The van der Waals surface area contributed by atoms with E-state index >= 15 is 0 Å². The molecule has 1 atom stereocenters. The van der Waals surface area contributed by atoms with Crippen LogP contribution in [0, 0.1) is 0 Å². The zero-order chi connectivity index (χ0) is 27.9. The molecule has 3 aromatic rings. The van der Waals surface area contributed by atoms with Crippen molar-refractivity contribution in [2.24, 2.45) is 0 Å². The van der Waals surface area contributed by atoms with Gasteiger partial charge < -0.3 is 10.2 Å². The molecule has 0 aromatic heterocycles. The van der Waals surface area contributed by atoms with Crippen LogP contribution in [0.3, 0.4) is 0 Å². The lowest BCUT2D eigenvalue weighted by Crippen LogP contribution is -2.52. The number of carbonyl (C=O) groups excluding carboxylic acids is 2. The van der Waals surface area contributed by atoms with Gasteiger partial charge in [-0.25, -0.2) is 8.42 Å². The van der Waals surface area contributed by atoms with Gasteiger partial charge in [0, 0.05) is 17.6 Å². The molecule has 0 saturated carbocycles. The summed E-state index contributed by atoms with van der Waals surface area (Å²) in [5.41, 5.74) is 2.12. The van der Waals surface area contributed by atoms with Crippen molar-refractivity contribution in [3.63, 3.8) is 0 Å². The Morgan fingerprint density at radius 1 is 0.895 bits per heavy atom. The lowest BCUT2D eigenvalue weighted by Gasteiger charge is -2.32. The third-order valence-electron chi connectivity index (χ3n) is 6.08. The Hall–Kier alpha value is -3.36. The van der Waals surface area contributed by atoms with E-state index in [1.807, 2.05) is 32.9 Å². The molecule has 3 aromatic carbocycles. The first-order valence-corrected chi connectivity index (χ1v) is 14.4. The largest absolute Gasteiger partial charge is 0.352 e. The van der Waals surface area contributed by atoms with E-state index in [2.05, 4.69) is 5.32 Å². The first-order chi connectivity index (χ1) is 18.0. The van der Waals surface area contributed by atoms with E-state index in [1.165, 1.54) is 17.0 Å². The molecule has 9 heteroatoms. The molecule has 0 radical (unpaired) electrons. The molecule has 0 saturated heterocycles. The summed E-state index contributed by atoms with van der Waals surface area (Å²) in [7, 11) is -4.08. The highest BCUT2D eigenvalue weighted by Gasteiger charge is 2.32. The number of rotatable bonds is 11. The first kappa shape index (κ1) is 29.2. The maximum Gasteiger partial charge on any atom is 0.264 e. The minimum atomic E-state index is -4.08. The standard InChI is InChI=1S/C29H34ClN3O4S/c1-5-23-14-16-26(17-15-23)33(38(36,37)27-12-7-6-8-13-27)20-28(34)32(22(4)29(35)31-21(2)3)19-24-10-9-11-25(30)18-24/h6-18,21-22H,5,19-20H2,1-4H3,(H,31,35)/t22-/m0/s1. The molecule has 202 valence electrons. The summed E-state index contributed by atoms with van der Waals surface area (Å²) in [5.74, 6) is -0.851. The van der Waals surface area contributed by atoms with Gasteiger partial charge in [0.05, 0.1) is 10.6 Å². The molecule has 0 fully saturated rings. The van der Waals surface area contributed by atoms with Gasteiger partial charge in [0.2, 0.25) is 11.8 Å². The van der Waals surface area contributed by atoms with Crippen LogP contribution in [0.5, 0.6) is 0 Å². The van der Waals surface area contributed by atoms with E-state index in [9.17, 15) is 18.0 Å². The Bertz CT molecular complexity index is 1350. The fourth-order valence-electron chi connectivity index (χ4n) is 3.97. The van der Waals surface area contributed by atoms with Crippen molar-refractivity contribution in [2.75, 3.05) is 10.8 Å². The van der Waals surface area contributed by atoms with Gasteiger partial charge in [0.15, 0.2) is 0 Å². The predicted octanol–water partition coefficient (Wildman–Crippen LogP) is 5.04. The van der Waals surface area contributed by atoms with Gasteiger partial charge >= 0.3 is 0 Å². The van der Waals surface area contributed by atoms with Crippen molar-refractivity contribution in [2.45, 2.75) is 57.6 Å². The third-order valence-corrected chi connectivity index (χ3v) is 8.11. The maximum atomic E-state index is 13.9. The summed E-state index contributed by atoms with van der Waals surface area (Å²) in [4.78, 5) is 28.2. The van der Waals surface area contributed by atoms with Crippen LogP contribution in [0.1, 0.15) is 38.8 Å². The van der Waals surface area contributed by atoms with Crippen LogP contribution in [-0.4, -0.2) is 43.8 Å². The minimum absolute atomic E-state index is 0.0689. The highest BCUT2D eigenvalue weighted by Crippen LogP contribution is 2.25. The van der Waals surface area contributed by atoms with Crippen molar-refractivity contribution in [1.82, 2.24) is 10.2 Å². The Morgan fingerprint density at radius 2 is 1.55 bits per heavy atom. The van der Waals surface area contributed by atoms with Gasteiger partial charge in [0.1, 0.15) is 12.6 Å². The molecule has 0 aliphatic carbocycles. The number of aryl methyl sites for hydroxylation is 1. The van der Waals surface area contributed by atoms with E-state index < -0.39 is 28.5 Å². The number of amides is 2. The summed E-state index contributed by atoms with van der Waals surface area (Å²) in [6.07, 6.45) is 0.792. The number of benzene rings is 3. The number of nitrogens with zero attached hydrogens (tertiary/aromatic N) is 2. The van der Waals surface area contributed by atoms with Crippen molar-refractivity contribution in [1.29, 1.82) is 0 Å². The number of halogens is 1. The number of hydrogen-bond acceptors (Lipinski definition) is 4. The van der Waals surface area contributed by atoms with E-state index in [0.717, 1.165) is 21.9 Å². The molecule has 3 rings (SSSR count). The molecule has 1 N–H and O–H groups in total. The molecule has 38 heavy (non-hydrogen) atoms. The fraction of sp³-hybridized carbons (Fsp3) is 0.310. The lowest BCUT2D eigenvalue weighted by atomic mass is 10.1. The summed E-state index contributed by atoms with van der Waals surface area (Å²) < 4.78 is 28.6. The van der Waals surface area contributed by atoms with E-state index in [-0.39, 0.29) is 23.4 Å². The van der Waals surface area contributed by atoms with Gasteiger partial charge in [-0.2, -0.15) is 0 Å². The van der Waals surface area contributed by atoms with Crippen LogP contribution < -0.4 is 9.62 Å². The van der Waals surface area contributed by atoms with Crippen molar-refractivity contribution < 1.29 is 18.0 Å². The second-order valence-electron chi connectivity index (χ2n) is 9.34. The smallest absolute Gasteiger partial charge is 0.264 e. The minimum Gasteiger partial charge on any atom is -0.352 e. The van der Waals surface area contributed by atoms with Crippen LogP contribution in [0.2, 0.25) is 5.02 Å². The second kappa shape index (κ2) is 12.9. The van der Waals surface area contributed by atoms with Crippen LogP contribution in [0.25, 0.3) is 0 Å². The van der Waals surface area contributed by atoms with Gasteiger partial charge in [-0.05, 0) is 74.7 Å². The molecule has 0 heterocycles. The number of nitrogens with one attached hydrogen (secondary N) is 1. The predicted molar refractivity (Wildman–Crippen MR) is 152 cm³/mol.